The van der Waals surface area contributed by atoms with Gasteiger partial charge in [-0.1, -0.05) is 13.0 Å². The number of hydrogen-bond donors (Lipinski definition) is 1. The molecular weight excluding hydrogens is 258 g/mol. The highest BCUT2D eigenvalue weighted by molar-refractivity contribution is 7.10. The second kappa shape index (κ2) is 5.61. The molecule has 3 heterocycles. The van der Waals surface area contributed by atoms with E-state index in [1.807, 2.05) is 4.90 Å². The first-order valence-corrected chi connectivity index (χ1v) is 7.94. The maximum atomic E-state index is 12.1. The van der Waals surface area contributed by atoms with Crippen molar-refractivity contribution in [3.8, 4) is 0 Å². The van der Waals surface area contributed by atoms with Crippen LogP contribution >= 0.6 is 11.3 Å². The average Bonchev–Trinajstić information content (AvgIpc) is 3.12. The maximum absolute atomic E-state index is 12.1. The summed E-state index contributed by atoms with van der Waals surface area (Å²) in [6.07, 6.45) is 1.32. The van der Waals surface area contributed by atoms with Gasteiger partial charge in [-0.05, 0) is 36.9 Å². The lowest BCUT2D eigenvalue weighted by atomic mass is 10.1. The maximum Gasteiger partial charge on any atom is 0.238 e. The van der Waals surface area contributed by atoms with Crippen LogP contribution in [0.5, 0.6) is 0 Å². The van der Waals surface area contributed by atoms with Gasteiger partial charge in [0, 0.05) is 18.0 Å². The van der Waals surface area contributed by atoms with Crippen molar-refractivity contribution >= 4 is 17.2 Å². The van der Waals surface area contributed by atoms with Gasteiger partial charge >= 0.3 is 0 Å². The van der Waals surface area contributed by atoms with Gasteiger partial charge in [0.15, 0.2) is 0 Å². The van der Waals surface area contributed by atoms with Gasteiger partial charge in [-0.3, -0.25) is 10.1 Å². The number of amides is 1. The molecule has 2 saturated heterocycles. The zero-order chi connectivity index (χ0) is 13.2. The first-order valence-electron chi connectivity index (χ1n) is 7.06. The van der Waals surface area contributed by atoms with Crippen molar-refractivity contribution < 1.29 is 4.79 Å². The number of thiophene rings is 1. The summed E-state index contributed by atoms with van der Waals surface area (Å²) in [7, 11) is 0. The van der Waals surface area contributed by atoms with Gasteiger partial charge in [0.1, 0.15) is 6.17 Å². The van der Waals surface area contributed by atoms with Gasteiger partial charge in [0.25, 0.3) is 0 Å². The van der Waals surface area contributed by atoms with E-state index in [1.165, 1.54) is 17.8 Å². The molecule has 0 bridgehead atoms. The van der Waals surface area contributed by atoms with Gasteiger partial charge in [-0.25, -0.2) is 0 Å². The van der Waals surface area contributed by atoms with E-state index >= 15 is 0 Å². The molecule has 1 aromatic rings. The standard InChI is InChI=1S/C14H21N3OS/c1-2-16-6-5-11(9-16)10-17-13(18)8-15-14(17)12-4-3-7-19-12/h3-4,7,11,14-15H,2,5-6,8-10H2,1H3. The van der Waals surface area contributed by atoms with E-state index in [9.17, 15) is 4.79 Å². The molecule has 1 aromatic heterocycles. The molecule has 3 rings (SSSR count). The summed E-state index contributed by atoms with van der Waals surface area (Å²) in [6, 6.07) is 4.16. The van der Waals surface area contributed by atoms with E-state index in [1.54, 1.807) is 11.3 Å². The van der Waals surface area contributed by atoms with Crippen molar-refractivity contribution in [1.29, 1.82) is 0 Å². The smallest absolute Gasteiger partial charge is 0.238 e. The molecule has 4 nitrogen and oxygen atoms in total. The largest absolute Gasteiger partial charge is 0.321 e. The molecule has 19 heavy (non-hydrogen) atoms. The third kappa shape index (κ3) is 2.68. The van der Waals surface area contributed by atoms with Gasteiger partial charge in [-0.15, -0.1) is 11.3 Å². The van der Waals surface area contributed by atoms with Crippen LogP contribution in [0.15, 0.2) is 17.5 Å². The third-order valence-electron chi connectivity index (χ3n) is 4.16. The molecule has 0 aromatic carbocycles. The van der Waals surface area contributed by atoms with Gasteiger partial charge in [-0.2, -0.15) is 0 Å². The van der Waals surface area contributed by atoms with Crippen LogP contribution in [0.2, 0.25) is 0 Å². The van der Waals surface area contributed by atoms with Crippen LogP contribution in [-0.4, -0.2) is 48.4 Å². The van der Waals surface area contributed by atoms with Crippen molar-refractivity contribution in [3.05, 3.63) is 22.4 Å². The summed E-state index contributed by atoms with van der Waals surface area (Å²) in [5.41, 5.74) is 0. The van der Waals surface area contributed by atoms with E-state index < -0.39 is 0 Å². The minimum atomic E-state index is 0.100. The number of nitrogens with one attached hydrogen (secondary N) is 1. The molecule has 0 aliphatic carbocycles. The summed E-state index contributed by atoms with van der Waals surface area (Å²) >= 11 is 1.72. The molecule has 2 unspecified atom stereocenters. The lowest BCUT2D eigenvalue weighted by Gasteiger charge is -2.26. The Labute approximate surface area is 118 Å². The Morgan fingerprint density at radius 3 is 3.11 bits per heavy atom. The Morgan fingerprint density at radius 1 is 1.53 bits per heavy atom. The van der Waals surface area contributed by atoms with Crippen LogP contribution in [0, 0.1) is 5.92 Å². The monoisotopic (exact) mass is 279 g/mol. The Bertz CT molecular complexity index is 434. The fourth-order valence-corrected chi connectivity index (χ4v) is 3.89. The molecule has 2 aliphatic rings. The zero-order valence-electron chi connectivity index (χ0n) is 11.3. The second-order valence-electron chi connectivity index (χ2n) is 5.39. The molecule has 0 saturated carbocycles. The molecule has 1 amide bonds. The highest BCUT2D eigenvalue weighted by Crippen LogP contribution is 2.28. The van der Waals surface area contributed by atoms with E-state index in [4.69, 9.17) is 0 Å². The molecule has 0 radical (unpaired) electrons. The van der Waals surface area contributed by atoms with E-state index in [-0.39, 0.29) is 12.1 Å². The highest BCUT2D eigenvalue weighted by atomic mass is 32.1. The highest BCUT2D eigenvalue weighted by Gasteiger charge is 2.35. The van der Waals surface area contributed by atoms with Crippen molar-refractivity contribution in [2.24, 2.45) is 5.92 Å². The first kappa shape index (κ1) is 13.1. The number of nitrogens with zero attached hydrogens (tertiary/aromatic N) is 2. The Morgan fingerprint density at radius 2 is 2.42 bits per heavy atom. The van der Waals surface area contributed by atoms with Crippen LogP contribution in [0.3, 0.4) is 0 Å². The van der Waals surface area contributed by atoms with Crippen molar-refractivity contribution in [1.82, 2.24) is 15.1 Å². The summed E-state index contributed by atoms with van der Waals surface area (Å²) in [5, 5.41) is 5.41. The van der Waals surface area contributed by atoms with Gasteiger partial charge in [0.2, 0.25) is 5.91 Å². The summed E-state index contributed by atoms with van der Waals surface area (Å²) in [6.45, 7) is 7.02. The van der Waals surface area contributed by atoms with Crippen molar-refractivity contribution in [2.75, 3.05) is 32.7 Å². The fraction of sp³-hybridized carbons (Fsp3) is 0.643. The number of rotatable bonds is 4. The molecule has 5 heteroatoms. The topological polar surface area (TPSA) is 35.6 Å². The number of likely N-dealkylation sites (tertiary alicyclic amines) is 1. The van der Waals surface area contributed by atoms with Crippen LogP contribution in [0.4, 0.5) is 0 Å². The Hall–Kier alpha value is -0.910. The molecule has 104 valence electrons. The fourth-order valence-electron chi connectivity index (χ4n) is 3.08. The SMILES string of the molecule is CCN1CCC(CN2C(=O)CNC2c2cccs2)C1. The van der Waals surface area contributed by atoms with Crippen LogP contribution in [0.25, 0.3) is 0 Å². The lowest BCUT2D eigenvalue weighted by Crippen LogP contribution is -2.35. The van der Waals surface area contributed by atoms with Crippen molar-refractivity contribution in [3.63, 3.8) is 0 Å². The van der Waals surface area contributed by atoms with Gasteiger partial charge < -0.3 is 9.80 Å². The normalized spacial score (nSPS) is 28.5. The summed E-state index contributed by atoms with van der Waals surface area (Å²) in [5.74, 6) is 0.875. The lowest BCUT2D eigenvalue weighted by molar-refractivity contribution is -0.128. The third-order valence-corrected chi connectivity index (χ3v) is 5.09. The molecule has 2 fully saturated rings. The van der Waals surface area contributed by atoms with Crippen LogP contribution in [0.1, 0.15) is 24.4 Å². The first-order chi connectivity index (χ1) is 9.28. The molecule has 1 N–H and O–H groups in total. The molecule has 2 atom stereocenters. The van der Waals surface area contributed by atoms with Crippen molar-refractivity contribution in [2.45, 2.75) is 19.5 Å². The quantitative estimate of drug-likeness (QED) is 0.908. The van der Waals surface area contributed by atoms with E-state index in [0.717, 1.165) is 19.6 Å². The summed E-state index contributed by atoms with van der Waals surface area (Å²) in [4.78, 5) is 17.8. The van der Waals surface area contributed by atoms with Crippen LogP contribution in [-0.2, 0) is 4.79 Å². The summed E-state index contributed by atoms with van der Waals surface area (Å²) < 4.78 is 0. The van der Waals surface area contributed by atoms with E-state index in [2.05, 4.69) is 34.7 Å². The molecule has 2 aliphatic heterocycles. The minimum Gasteiger partial charge on any atom is -0.321 e. The number of carbonyl (C=O) groups excluding carboxylic acids is 1. The molecule has 0 spiro atoms. The predicted molar refractivity (Wildman–Crippen MR) is 77.0 cm³/mol. The van der Waals surface area contributed by atoms with Gasteiger partial charge in [0.05, 0.1) is 6.54 Å². The predicted octanol–water partition coefficient (Wildman–Crippen LogP) is 1.52. The molecular formula is C14H21N3OS. The number of carbonyl (C=O) groups is 1. The van der Waals surface area contributed by atoms with Crippen LogP contribution < -0.4 is 5.32 Å². The Kier molecular flexibility index (Phi) is 3.86. The number of hydrogen-bond acceptors (Lipinski definition) is 4. The van der Waals surface area contributed by atoms with E-state index in [0.29, 0.717) is 12.5 Å². The second-order valence-corrected chi connectivity index (χ2v) is 6.37. The Balaban J connectivity index is 1.66. The average molecular weight is 279 g/mol. The minimum absolute atomic E-state index is 0.100. The zero-order valence-corrected chi connectivity index (χ0v) is 12.2.